The van der Waals surface area contributed by atoms with Crippen LogP contribution in [0.25, 0.3) is 0 Å². The molecule has 0 saturated heterocycles. The second kappa shape index (κ2) is 5.74. The molecular formula is C16H26O4. The first-order chi connectivity index (χ1) is 9.48. The van der Waals surface area contributed by atoms with E-state index in [1.54, 1.807) is 0 Å². The topological polar surface area (TPSA) is 74.6 Å². The monoisotopic (exact) mass is 282 g/mol. The number of carboxylic acids is 2. The van der Waals surface area contributed by atoms with E-state index in [1.165, 1.54) is 0 Å². The molecular weight excluding hydrogens is 256 g/mol. The van der Waals surface area contributed by atoms with Gasteiger partial charge in [-0.05, 0) is 42.9 Å². The lowest BCUT2D eigenvalue weighted by Crippen LogP contribution is -2.56. The van der Waals surface area contributed by atoms with Crippen molar-refractivity contribution in [3.63, 3.8) is 0 Å². The summed E-state index contributed by atoms with van der Waals surface area (Å²) in [5.74, 6) is -1.41. The fraction of sp³-hybridized carbons (Fsp3) is 0.875. The van der Waals surface area contributed by atoms with Gasteiger partial charge in [-0.2, -0.15) is 0 Å². The molecule has 2 rings (SSSR count). The van der Waals surface area contributed by atoms with E-state index < -0.39 is 17.4 Å². The minimum atomic E-state index is -1.54. The first-order valence-electron chi connectivity index (χ1n) is 7.95. The van der Waals surface area contributed by atoms with Crippen LogP contribution in [0.4, 0.5) is 0 Å². The number of carboxylic acid groups (broad SMARTS) is 2. The summed E-state index contributed by atoms with van der Waals surface area (Å²) in [7, 11) is 0. The number of aliphatic carboxylic acids is 2. The molecule has 2 N–H and O–H groups in total. The van der Waals surface area contributed by atoms with Crippen LogP contribution in [0.2, 0.25) is 0 Å². The van der Waals surface area contributed by atoms with Crippen LogP contribution in [0.3, 0.4) is 0 Å². The lowest BCUT2D eigenvalue weighted by atomic mass is 9.50. The Morgan fingerprint density at radius 3 is 2.15 bits per heavy atom. The van der Waals surface area contributed by atoms with Gasteiger partial charge in [0.15, 0.2) is 5.41 Å². The second-order valence-electron chi connectivity index (χ2n) is 6.58. The molecule has 2 aliphatic rings. The molecule has 0 amide bonds. The SMILES string of the molecule is CCC1CC(C(=O)O)(C(=O)O)C2CCCCC2C1CC. The van der Waals surface area contributed by atoms with Crippen molar-refractivity contribution in [1.82, 2.24) is 0 Å². The van der Waals surface area contributed by atoms with Crippen LogP contribution in [0.5, 0.6) is 0 Å². The molecule has 0 heterocycles. The van der Waals surface area contributed by atoms with E-state index in [2.05, 4.69) is 13.8 Å². The Kier molecular flexibility index (Phi) is 4.40. The van der Waals surface area contributed by atoms with E-state index in [9.17, 15) is 19.8 Å². The third-order valence-corrected chi connectivity index (χ3v) is 5.95. The maximum absolute atomic E-state index is 11.8. The molecule has 2 aliphatic carbocycles. The summed E-state index contributed by atoms with van der Waals surface area (Å²) < 4.78 is 0. The Bertz CT molecular complexity index is 376. The molecule has 20 heavy (non-hydrogen) atoms. The van der Waals surface area contributed by atoms with Gasteiger partial charge in [-0.3, -0.25) is 9.59 Å². The Balaban J connectivity index is 2.46. The van der Waals surface area contributed by atoms with Gasteiger partial charge < -0.3 is 10.2 Å². The van der Waals surface area contributed by atoms with Crippen LogP contribution in [-0.4, -0.2) is 22.2 Å². The molecule has 4 heteroatoms. The largest absolute Gasteiger partial charge is 0.480 e. The molecule has 0 bridgehead atoms. The predicted molar refractivity (Wildman–Crippen MR) is 75.3 cm³/mol. The van der Waals surface area contributed by atoms with E-state index in [0.29, 0.717) is 12.3 Å². The van der Waals surface area contributed by atoms with Crippen molar-refractivity contribution in [2.75, 3.05) is 0 Å². The molecule has 4 unspecified atom stereocenters. The average molecular weight is 282 g/mol. The van der Waals surface area contributed by atoms with Gasteiger partial charge in [0.2, 0.25) is 0 Å². The van der Waals surface area contributed by atoms with Crippen molar-refractivity contribution in [3.05, 3.63) is 0 Å². The van der Waals surface area contributed by atoms with E-state index in [4.69, 9.17) is 0 Å². The lowest BCUT2D eigenvalue weighted by molar-refractivity contribution is -0.183. The number of rotatable bonds is 4. The standard InChI is InChI=1S/C16H26O4/c1-3-10-9-16(14(17)18,15(19)20)13-8-6-5-7-12(13)11(10)4-2/h10-13H,3-9H2,1-2H3,(H,17,18)(H,19,20). The first-order valence-corrected chi connectivity index (χ1v) is 7.95. The summed E-state index contributed by atoms with van der Waals surface area (Å²) >= 11 is 0. The number of fused-ring (bicyclic) bond motifs is 1. The van der Waals surface area contributed by atoms with Gasteiger partial charge in [0, 0.05) is 0 Å². The number of hydrogen-bond donors (Lipinski definition) is 2. The van der Waals surface area contributed by atoms with Crippen molar-refractivity contribution in [2.45, 2.75) is 58.8 Å². The third-order valence-electron chi connectivity index (χ3n) is 5.95. The van der Waals surface area contributed by atoms with Crippen LogP contribution in [0.15, 0.2) is 0 Å². The average Bonchev–Trinajstić information content (AvgIpc) is 2.44. The Morgan fingerprint density at radius 2 is 1.65 bits per heavy atom. The fourth-order valence-corrected chi connectivity index (χ4v) is 5.02. The van der Waals surface area contributed by atoms with Crippen LogP contribution >= 0.6 is 0 Å². The van der Waals surface area contributed by atoms with Gasteiger partial charge in [0.05, 0.1) is 0 Å². The van der Waals surface area contributed by atoms with E-state index in [1.807, 2.05) is 0 Å². The fourth-order valence-electron chi connectivity index (χ4n) is 5.02. The predicted octanol–water partition coefficient (Wildman–Crippen LogP) is 3.40. The molecule has 4 nitrogen and oxygen atoms in total. The van der Waals surface area contributed by atoms with Crippen LogP contribution in [0.1, 0.15) is 58.8 Å². The van der Waals surface area contributed by atoms with Crippen molar-refractivity contribution in [2.24, 2.45) is 29.1 Å². The smallest absolute Gasteiger partial charge is 0.321 e. The van der Waals surface area contributed by atoms with E-state index in [0.717, 1.165) is 38.5 Å². The zero-order valence-corrected chi connectivity index (χ0v) is 12.5. The molecule has 0 aromatic rings. The number of carbonyl (C=O) groups is 2. The summed E-state index contributed by atoms with van der Waals surface area (Å²) in [4.78, 5) is 23.7. The maximum Gasteiger partial charge on any atom is 0.321 e. The van der Waals surface area contributed by atoms with E-state index in [-0.39, 0.29) is 17.8 Å². The van der Waals surface area contributed by atoms with Crippen molar-refractivity contribution < 1.29 is 19.8 Å². The summed E-state index contributed by atoms with van der Waals surface area (Å²) in [6.07, 6.45) is 6.07. The molecule has 0 aliphatic heterocycles. The summed E-state index contributed by atoms with van der Waals surface area (Å²) in [5, 5.41) is 19.4. The quantitative estimate of drug-likeness (QED) is 0.775. The summed E-state index contributed by atoms with van der Waals surface area (Å²) in [6.45, 7) is 4.22. The third kappa shape index (κ3) is 2.13. The Morgan fingerprint density at radius 1 is 1.05 bits per heavy atom. The first kappa shape index (κ1) is 15.3. The summed E-state index contributed by atoms with van der Waals surface area (Å²) in [5.41, 5.74) is -1.54. The van der Waals surface area contributed by atoms with Crippen LogP contribution in [0, 0.1) is 29.1 Å². The summed E-state index contributed by atoms with van der Waals surface area (Å²) in [6, 6.07) is 0. The molecule has 2 saturated carbocycles. The van der Waals surface area contributed by atoms with Crippen molar-refractivity contribution >= 4 is 11.9 Å². The maximum atomic E-state index is 11.8. The highest BCUT2D eigenvalue weighted by Gasteiger charge is 2.61. The zero-order valence-electron chi connectivity index (χ0n) is 12.5. The second-order valence-corrected chi connectivity index (χ2v) is 6.58. The highest BCUT2D eigenvalue weighted by atomic mass is 16.4. The molecule has 0 spiro atoms. The molecule has 2 fully saturated rings. The van der Waals surface area contributed by atoms with E-state index >= 15 is 0 Å². The van der Waals surface area contributed by atoms with Gasteiger partial charge in [-0.15, -0.1) is 0 Å². The molecule has 0 aromatic heterocycles. The zero-order chi connectivity index (χ0) is 14.9. The minimum absolute atomic E-state index is 0.181. The Hall–Kier alpha value is -1.06. The van der Waals surface area contributed by atoms with Gasteiger partial charge in [-0.25, -0.2) is 0 Å². The lowest BCUT2D eigenvalue weighted by Gasteiger charge is -2.52. The molecule has 0 aromatic carbocycles. The van der Waals surface area contributed by atoms with Crippen LogP contribution in [-0.2, 0) is 9.59 Å². The van der Waals surface area contributed by atoms with Gasteiger partial charge in [-0.1, -0.05) is 39.5 Å². The molecule has 114 valence electrons. The van der Waals surface area contributed by atoms with Crippen LogP contribution < -0.4 is 0 Å². The normalized spacial score (nSPS) is 36.1. The van der Waals surface area contributed by atoms with Crippen molar-refractivity contribution in [3.8, 4) is 0 Å². The Labute approximate surface area is 120 Å². The molecule has 4 atom stereocenters. The highest BCUT2D eigenvalue weighted by molar-refractivity contribution is 5.98. The van der Waals surface area contributed by atoms with Gasteiger partial charge in [0.25, 0.3) is 0 Å². The highest BCUT2D eigenvalue weighted by Crippen LogP contribution is 2.57. The van der Waals surface area contributed by atoms with Gasteiger partial charge in [0.1, 0.15) is 0 Å². The minimum Gasteiger partial charge on any atom is -0.480 e. The molecule has 0 radical (unpaired) electrons. The van der Waals surface area contributed by atoms with Gasteiger partial charge >= 0.3 is 11.9 Å². The number of hydrogen-bond acceptors (Lipinski definition) is 2. The van der Waals surface area contributed by atoms with Crippen molar-refractivity contribution in [1.29, 1.82) is 0 Å².